The normalized spacial score (nSPS) is 14.8. The molecule has 20 heavy (non-hydrogen) atoms. The standard InChI is InChI=1S/C18H32N2/c1-6-15(4)12-20(5)13-18(19)17-9-7-16(8-10-17)11-14(2)3/h7-10,14-15,18H,6,11-13,19H2,1-5H3. The van der Waals surface area contributed by atoms with E-state index in [1.165, 1.54) is 17.5 Å². The van der Waals surface area contributed by atoms with Crippen molar-refractivity contribution in [3.05, 3.63) is 35.4 Å². The lowest BCUT2D eigenvalue weighted by Crippen LogP contribution is -2.32. The summed E-state index contributed by atoms with van der Waals surface area (Å²) in [6, 6.07) is 8.95. The van der Waals surface area contributed by atoms with Crippen LogP contribution in [0, 0.1) is 11.8 Å². The Labute approximate surface area is 125 Å². The van der Waals surface area contributed by atoms with Crippen LogP contribution < -0.4 is 5.73 Å². The molecule has 0 bridgehead atoms. The predicted molar refractivity (Wildman–Crippen MR) is 88.9 cm³/mol. The van der Waals surface area contributed by atoms with E-state index >= 15 is 0 Å². The number of nitrogens with zero attached hydrogens (tertiary/aromatic N) is 1. The van der Waals surface area contributed by atoms with Gasteiger partial charge in [-0.2, -0.15) is 0 Å². The molecule has 1 aromatic carbocycles. The van der Waals surface area contributed by atoms with Crippen LogP contribution in [-0.2, 0) is 6.42 Å². The molecule has 0 saturated carbocycles. The van der Waals surface area contributed by atoms with Crippen LogP contribution in [0.15, 0.2) is 24.3 Å². The average molecular weight is 276 g/mol. The molecular formula is C18H32N2. The summed E-state index contributed by atoms with van der Waals surface area (Å²) < 4.78 is 0. The second kappa shape index (κ2) is 8.43. The van der Waals surface area contributed by atoms with Gasteiger partial charge in [-0.3, -0.25) is 0 Å². The highest BCUT2D eigenvalue weighted by molar-refractivity contribution is 5.25. The van der Waals surface area contributed by atoms with Crippen molar-refractivity contribution in [1.29, 1.82) is 0 Å². The van der Waals surface area contributed by atoms with Gasteiger partial charge in [0.25, 0.3) is 0 Å². The molecule has 1 rings (SSSR count). The SMILES string of the molecule is CCC(C)CN(C)CC(N)c1ccc(CC(C)C)cc1. The Hall–Kier alpha value is -0.860. The largest absolute Gasteiger partial charge is 0.323 e. The number of likely N-dealkylation sites (N-methyl/N-ethyl adjacent to an activating group) is 1. The summed E-state index contributed by atoms with van der Waals surface area (Å²) in [5.74, 6) is 1.44. The van der Waals surface area contributed by atoms with E-state index in [2.05, 4.69) is 63.9 Å². The van der Waals surface area contributed by atoms with E-state index < -0.39 is 0 Å². The van der Waals surface area contributed by atoms with Gasteiger partial charge in [0.15, 0.2) is 0 Å². The first-order chi connectivity index (χ1) is 9.42. The third-order valence-corrected chi connectivity index (χ3v) is 3.88. The fraction of sp³-hybridized carbons (Fsp3) is 0.667. The zero-order valence-electron chi connectivity index (χ0n) is 13.9. The van der Waals surface area contributed by atoms with Crippen molar-refractivity contribution in [3.63, 3.8) is 0 Å². The van der Waals surface area contributed by atoms with Crippen LogP contribution in [0.4, 0.5) is 0 Å². The molecule has 0 fully saturated rings. The molecule has 0 heterocycles. The molecule has 2 atom stereocenters. The Bertz CT molecular complexity index is 370. The lowest BCUT2D eigenvalue weighted by atomic mass is 9.99. The molecule has 2 unspecified atom stereocenters. The van der Waals surface area contributed by atoms with Crippen LogP contribution in [-0.4, -0.2) is 25.0 Å². The molecule has 0 amide bonds. The van der Waals surface area contributed by atoms with Crippen LogP contribution in [0.2, 0.25) is 0 Å². The van der Waals surface area contributed by atoms with Gasteiger partial charge in [0, 0.05) is 19.1 Å². The lowest BCUT2D eigenvalue weighted by Gasteiger charge is -2.24. The topological polar surface area (TPSA) is 29.3 Å². The third-order valence-electron chi connectivity index (χ3n) is 3.88. The quantitative estimate of drug-likeness (QED) is 0.781. The molecule has 0 aliphatic heterocycles. The molecular weight excluding hydrogens is 244 g/mol. The highest BCUT2D eigenvalue weighted by Gasteiger charge is 2.11. The monoisotopic (exact) mass is 276 g/mol. The van der Waals surface area contributed by atoms with Crippen LogP contribution in [0.25, 0.3) is 0 Å². The Morgan fingerprint density at radius 3 is 2.15 bits per heavy atom. The molecule has 0 spiro atoms. The molecule has 2 N–H and O–H groups in total. The van der Waals surface area contributed by atoms with Gasteiger partial charge in [0.1, 0.15) is 0 Å². The number of rotatable bonds is 8. The third kappa shape index (κ3) is 6.06. The summed E-state index contributed by atoms with van der Waals surface area (Å²) in [5.41, 5.74) is 8.97. The number of hydrogen-bond acceptors (Lipinski definition) is 2. The molecule has 0 saturated heterocycles. The maximum atomic E-state index is 6.32. The van der Waals surface area contributed by atoms with Gasteiger partial charge >= 0.3 is 0 Å². The highest BCUT2D eigenvalue weighted by atomic mass is 15.1. The lowest BCUT2D eigenvalue weighted by molar-refractivity contribution is 0.267. The van der Waals surface area contributed by atoms with Crippen molar-refractivity contribution in [1.82, 2.24) is 4.90 Å². The average Bonchev–Trinajstić information content (AvgIpc) is 2.38. The van der Waals surface area contributed by atoms with E-state index in [4.69, 9.17) is 5.73 Å². The smallest absolute Gasteiger partial charge is 0.0424 e. The van der Waals surface area contributed by atoms with Gasteiger partial charge in [-0.1, -0.05) is 58.4 Å². The first-order valence-electron chi connectivity index (χ1n) is 7.95. The molecule has 1 aromatic rings. The minimum Gasteiger partial charge on any atom is -0.323 e. The van der Waals surface area contributed by atoms with Crippen molar-refractivity contribution in [2.75, 3.05) is 20.1 Å². The zero-order chi connectivity index (χ0) is 15.1. The van der Waals surface area contributed by atoms with E-state index in [0.717, 1.165) is 25.4 Å². The minimum absolute atomic E-state index is 0.108. The first kappa shape index (κ1) is 17.2. The molecule has 2 nitrogen and oxygen atoms in total. The van der Waals surface area contributed by atoms with E-state index in [1.807, 2.05) is 0 Å². The molecule has 0 radical (unpaired) electrons. The van der Waals surface area contributed by atoms with Crippen molar-refractivity contribution >= 4 is 0 Å². The Balaban J connectivity index is 2.52. The van der Waals surface area contributed by atoms with Crippen molar-refractivity contribution in [3.8, 4) is 0 Å². The summed E-state index contributed by atoms with van der Waals surface area (Å²) in [6.07, 6.45) is 2.37. The van der Waals surface area contributed by atoms with Crippen molar-refractivity contribution in [2.24, 2.45) is 17.6 Å². The summed E-state index contributed by atoms with van der Waals surface area (Å²) in [7, 11) is 2.17. The summed E-state index contributed by atoms with van der Waals surface area (Å²) in [4.78, 5) is 2.35. The van der Waals surface area contributed by atoms with Gasteiger partial charge in [-0.15, -0.1) is 0 Å². The highest BCUT2D eigenvalue weighted by Crippen LogP contribution is 2.15. The summed E-state index contributed by atoms with van der Waals surface area (Å²) >= 11 is 0. The van der Waals surface area contributed by atoms with Crippen LogP contribution in [0.5, 0.6) is 0 Å². The first-order valence-corrected chi connectivity index (χ1v) is 7.95. The van der Waals surface area contributed by atoms with Crippen molar-refractivity contribution < 1.29 is 0 Å². The van der Waals surface area contributed by atoms with Gasteiger partial charge < -0.3 is 10.6 Å². The van der Waals surface area contributed by atoms with Crippen molar-refractivity contribution in [2.45, 2.75) is 46.6 Å². The van der Waals surface area contributed by atoms with Gasteiger partial charge in [0.05, 0.1) is 0 Å². The zero-order valence-corrected chi connectivity index (χ0v) is 13.9. The van der Waals surface area contributed by atoms with Crippen LogP contribution in [0.1, 0.15) is 51.3 Å². The predicted octanol–water partition coefficient (Wildman–Crippen LogP) is 3.86. The van der Waals surface area contributed by atoms with E-state index in [9.17, 15) is 0 Å². The Morgan fingerprint density at radius 1 is 1.05 bits per heavy atom. The van der Waals surface area contributed by atoms with Crippen LogP contribution >= 0.6 is 0 Å². The van der Waals surface area contributed by atoms with Gasteiger partial charge in [0.2, 0.25) is 0 Å². The minimum atomic E-state index is 0.108. The molecule has 2 heteroatoms. The maximum absolute atomic E-state index is 6.32. The van der Waals surface area contributed by atoms with Gasteiger partial charge in [-0.25, -0.2) is 0 Å². The summed E-state index contributed by atoms with van der Waals surface area (Å²) in [5, 5.41) is 0. The second-order valence-electron chi connectivity index (χ2n) is 6.68. The van der Waals surface area contributed by atoms with E-state index in [-0.39, 0.29) is 6.04 Å². The molecule has 0 aromatic heterocycles. The van der Waals surface area contributed by atoms with Gasteiger partial charge in [-0.05, 0) is 36.4 Å². The second-order valence-corrected chi connectivity index (χ2v) is 6.68. The molecule has 0 aliphatic rings. The van der Waals surface area contributed by atoms with Crippen LogP contribution in [0.3, 0.4) is 0 Å². The number of benzene rings is 1. The van der Waals surface area contributed by atoms with E-state index in [0.29, 0.717) is 5.92 Å². The Morgan fingerprint density at radius 2 is 1.65 bits per heavy atom. The van der Waals surface area contributed by atoms with E-state index in [1.54, 1.807) is 0 Å². The summed E-state index contributed by atoms with van der Waals surface area (Å²) in [6.45, 7) is 11.1. The number of nitrogens with two attached hydrogens (primary N) is 1. The fourth-order valence-electron chi connectivity index (χ4n) is 2.55. The number of hydrogen-bond donors (Lipinski definition) is 1. The molecule has 0 aliphatic carbocycles. The fourth-order valence-corrected chi connectivity index (χ4v) is 2.55. The maximum Gasteiger partial charge on any atom is 0.0424 e. The Kier molecular flexibility index (Phi) is 7.25. The molecule has 114 valence electrons.